The van der Waals surface area contributed by atoms with Gasteiger partial charge in [0, 0.05) is 5.56 Å². The molecule has 0 aromatic heterocycles. The van der Waals surface area contributed by atoms with Crippen molar-refractivity contribution >= 4 is 35.8 Å². The predicted octanol–water partition coefficient (Wildman–Crippen LogP) is 14.9. The van der Waals surface area contributed by atoms with Crippen LogP contribution in [0, 0.1) is 41.5 Å². The highest BCUT2D eigenvalue weighted by atomic mass is 19.1. The van der Waals surface area contributed by atoms with Gasteiger partial charge < -0.3 is 38.6 Å². The summed E-state index contributed by atoms with van der Waals surface area (Å²) in [7, 11) is 0. The molecule has 0 heterocycles. The molecule has 88 heavy (non-hydrogen) atoms. The predicted molar refractivity (Wildman–Crippen MR) is 340 cm³/mol. The van der Waals surface area contributed by atoms with Crippen LogP contribution in [0.4, 0.5) is 8.78 Å². The van der Waals surface area contributed by atoms with Crippen molar-refractivity contribution in [3.8, 4) is 0 Å². The molecule has 14 nitrogen and oxygen atoms in total. The fraction of sp³-hybridized carbons (Fsp3) is 0.417. The van der Waals surface area contributed by atoms with E-state index in [1.807, 2.05) is 155 Å². The van der Waals surface area contributed by atoms with Crippen molar-refractivity contribution in [2.45, 2.75) is 159 Å². The van der Waals surface area contributed by atoms with Gasteiger partial charge in [-0.05, 0) is 125 Å². The number of hydrogen-bond donors (Lipinski definition) is 2. The van der Waals surface area contributed by atoms with Crippen LogP contribution in [0.25, 0.3) is 0 Å². The first-order valence-electron chi connectivity index (χ1n) is 30.0. The van der Waals surface area contributed by atoms with Crippen LogP contribution in [0.1, 0.15) is 171 Å². The number of halogens is 2. The largest absolute Gasteiger partial charge is 0.465 e. The molecule has 0 spiro atoms. The van der Waals surface area contributed by atoms with Crippen LogP contribution < -0.4 is 0 Å². The summed E-state index contributed by atoms with van der Waals surface area (Å²) < 4.78 is 56.3. The molecule has 0 aliphatic rings. The molecule has 4 atom stereocenters. The summed E-state index contributed by atoms with van der Waals surface area (Å²) in [6.07, 6.45) is -0.256. The Labute approximate surface area is 520 Å². The summed E-state index contributed by atoms with van der Waals surface area (Å²) in [4.78, 5) is 67.7. The van der Waals surface area contributed by atoms with Gasteiger partial charge >= 0.3 is 35.8 Å². The fourth-order valence-electron chi connectivity index (χ4n) is 7.26. The Morgan fingerprint density at radius 2 is 0.682 bits per heavy atom. The average molecular weight is 1220 g/mol. The zero-order chi connectivity index (χ0) is 65.8. The highest BCUT2D eigenvalue weighted by molar-refractivity contribution is 5.78. The molecule has 16 heteroatoms. The maximum atomic E-state index is 13.6. The van der Waals surface area contributed by atoms with E-state index >= 15 is 0 Å². The number of carbonyl (C=O) groups is 6. The van der Waals surface area contributed by atoms with Crippen molar-refractivity contribution in [1.82, 2.24) is 0 Å². The van der Waals surface area contributed by atoms with E-state index in [1.54, 1.807) is 73.7 Å². The molecule has 6 aromatic rings. The van der Waals surface area contributed by atoms with Crippen molar-refractivity contribution in [1.29, 1.82) is 0 Å². The van der Waals surface area contributed by atoms with Crippen LogP contribution in [0.5, 0.6) is 0 Å². The van der Waals surface area contributed by atoms with E-state index in [0.29, 0.717) is 74.4 Å². The highest BCUT2D eigenvalue weighted by Gasteiger charge is 2.24. The lowest BCUT2D eigenvalue weighted by atomic mass is 10.0. The number of esters is 6. The summed E-state index contributed by atoms with van der Waals surface area (Å²) in [6.45, 7) is 25.3. The number of aliphatic hydroxyl groups is 2. The van der Waals surface area contributed by atoms with E-state index in [2.05, 4.69) is 0 Å². The van der Waals surface area contributed by atoms with Crippen molar-refractivity contribution in [3.63, 3.8) is 0 Å². The Morgan fingerprint density at radius 3 is 1.10 bits per heavy atom. The number of aliphatic hydroxyl groups excluding tert-OH is 2. The van der Waals surface area contributed by atoms with Crippen molar-refractivity contribution in [2.24, 2.45) is 0 Å². The summed E-state index contributed by atoms with van der Waals surface area (Å²) in [5, 5.41) is 19.4. The lowest BCUT2D eigenvalue weighted by Crippen LogP contribution is -2.16. The quantitative estimate of drug-likeness (QED) is 0.0428. The summed E-state index contributed by atoms with van der Waals surface area (Å²) >= 11 is 0. The maximum absolute atomic E-state index is 13.6. The topological polar surface area (TPSA) is 198 Å². The van der Waals surface area contributed by atoms with Gasteiger partial charge in [-0.25, -0.2) is 28.0 Å². The first-order chi connectivity index (χ1) is 42.1. The molecule has 0 aliphatic carbocycles. The molecule has 0 fully saturated rings. The molecule has 6 rings (SSSR count). The van der Waals surface area contributed by atoms with E-state index < -0.39 is 48.4 Å². The first-order valence-corrected chi connectivity index (χ1v) is 30.0. The third kappa shape index (κ3) is 32.6. The lowest BCUT2D eigenvalue weighted by molar-refractivity contribution is -0.154. The SMILES string of the molecule is CCCOC(=O)Cc1ccc(C)cc1.CCCOC(=O)Cc1ccccc1C.CCCOC(=O)[C@@H](O)c1ccc(C)cc1.CCCOC(=O)[C@@H](O)c1ccccc1C.CCCOC(=O)[C@H](F)c1ccc(C)cc1.CCCOC(=O)[C@H](F)c1ccccc1C. The van der Waals surface area contributed by atoms with Crippen LogP contribution in [-0.4, -0.2) is 85.7 Å². The number of carbonyl (C=O) groups excluding carboxylic acids is 6. The average Bonchev–Trinajstić information content (AvgIpc) is 3.59. The number of rotatable bonds is 24. The maximum Gasteiger partial charge on any atom is 0.345 e. The standard InChI is InChI=1S/2C12H15FO2.2C12H16O3.2C12H16O2/c1-3-8-15-12(14)11(13)10-6-4-9(2)5-7-10;1-3-8-15-12(14)11(13)10-7-5-4-6-9(10)2;1-3-8-15-12(14)11(13)10-6-4-9(2)5-7-10;1-3-8-15-12(14)11(13)10-7-5-4-6-9(10)2;1-3-8-14-12(13)9-11-6-4-10(2)5-7-11;1-3-8-14-12(13)9-11-7-5-4-6-10(11)2/h2*4-7,11H,3,8H2,1-2H3;2*4-7,11,13H,3,8H2,1-2H3;2*4-7H,3,8-9H2,1-2H3/t4*11-;;/m1100../s1. The third-order valence-corrected chi connectivity index (χ3v) is 12.4. The van der Waals surface area contributed by atoms with Gasteiger partial charge in [-0.15, -0.1) is 0 Å². The van der Waals surface area contributed by atoms with Gasteiger partial charge in [-0.1, -0.05) is 204 Å². The van der Waals surface area contributed by atoms with Gasteiger partial charge in [-0.2, -0.15) is 0 Å². The van der Waals surface area contributed by atoms with Gasteiger partial charge in [0.2, 0.25) is 12.3 Å². The zero-order valence-corrected chi connectivity index (χ0v) is 53.6. The Bertz CT molecular complexity index is 2790. The van der Waals surface area contributed by atoms with E-state index in [1.165, 1.54) is 5.56 Å². The number of hydrogen-bond acceptors (Lipinski definition) is 14. The van der Waals surface area contributed by atoms with Crippen molar-refractivity contribution in [3.05, 3.63) is 212 Å². The van der Waals surface area contributed by atoms with E-state index in [9.17, 15) is 47.8 Å². The molecule has 480 valence electrons. The fourth-order valence-corrected chi connectivity index (χ4v) is 7.26. The van der Waals surface area contributed by atoms with Crippen LogP contribution in [0.15, 0.2) is 146 Å². The zero-order valence-electron chi connectivity index (χ0n) is 53.6. The molecule has 0 amide bonds. The molecule has 0 saturated carbocycles. The van der Waals surface area contributed by atoms with Crippen molar-refractivity contribution in [2.75, 3.05) is 39.6 Å². The molecule has 0 unspecified atom stereocenters. The second kappa shape index (κ2) is 46.1. The van der Waals surface area contributed by atoms with Gasteiger partial charge in [-0.3, -0.25) is 9.59 Å². The molecule has 6 aromatic carbocycles. The van der Waals surface area contributed by atoms with E-state index in [4.69, 9.17) is 28.4 Å². The number of aryl methyl sites for hydroxylation is 6. The van der Waals surface area contributed by atoms with E-state index in [0.717, 1.165) is 64.6 Å². The Kier molecular flexibility index (Phi) is 40.9. The number of alkyl halides is 2. The Hall–Kier alpha value is -8.08. The van der Waals surface area contributed by atoms with Gasteiger partial charge in [0.25, 0.3) is 0 Å². The number of ether oxygens (including phenoxy) is 6. The molecular weight excluding hydrogens is 1130 g/mol. The smallest absolute Gasteiger partial charge is 0.345 e. The van der Waals surface area contributed by atoms with Crippen LogP contribution in [-0.2, 0) is 70.0 Å². The Morgan fingerprint density at radius 1 is 0.352 bits per heavy atom. The second-order valence-corrected chi connectivity index (χ2v) is 20.4. The van der Waals surface area contributed by atoms with Gasteiger partial charge in [0.15, 0.2) is 12.2 Å². The molecule has 0 saturated heterocycles. The molecule has 2 N–H and O–H groups in total. The van der Waals surface area contributed by atoms with Crippen LogP contribution in [0.2, 0.25) is 0 Å². The minimum atomic E-state index is -1.67. The molecule has 0 aliphatic heterocycles. The molecular formula is C72H94F2O14. The normalized spacial score (nSPS) is 11.5. The van der Waals surface area contributed by atoms with Crippen molar-refractivity contribution < 1.29 is 76.2 Å². The first kappa shape index (κ1) is 77.9. The van der Waals surface area contributed by atoms with Crippen LogP contribution in [0.3, 0.4) is 0 Å². The monoisotopic (exact) mass is 1220 g/mol. The number of benzene rings is 6. The highest BCUT2D eigenvalue weighted by Crippen LogP contribution is 2.23. The third-order valence-electron chi connectivity index (χ3n) is 12.4. The Balaban J connectivity index is 0.000000528. The van der Waals surface area contributed by atoms with Gasteiger partial charge in [0.1, 0.15) is 0 Å². The minimum absolute atomic E-state index is 0.138. The summed E-state index contributed by atoms with van der Waals surface area (Å²) in [5.74, 6) is -3.05. The second-order valence-electron chi connectivity index (χ2n) is 20.4. The van der Waals surface area contributed by atoms with Gasteiger partial charge in [0.05, 0.1) is 52.5 Å². The summed E-state index contributed by atoms with van der Waals surface area (Å²) in [6, 6.07) is 43.8. The molecule has 0 bridgehead atoms. The lowest BCUT2D eigenvalue weighted by Gasteiger charge is -2.12. The van der Waals surface area contributed by atoms with Crippen LogP contribution >= 0.6 is 0 Å². The van der Waals surface area contributed by atoms with E-state index in [-0.39, 0.29) is 25.2 Å². The minimum Gasteiger partial charge on any atom is -0.465 e. The molecule has 0 radical (unpaired) electrons. The summed E-state index contributed by atoms with van der Waals surface area (Å²) in [5.41, 5.74) is 10.1.